The van der Waals surface area contributed by atoms with Crippen molar-refractivity contribution in [3.05, 3.63) is 59.1 Å². The number of rotatable bonds is 1. The molecule has 6 heteroatoms. The predicted octanol–water partition coefficient (Wildman–Crippen LogP) is 2.98. The topological polar surface area (TPSA) is 68.2 Å². The lowest BCUT2D eigenvalue weighted by Gasteiger charge is -2.23. The first kappa shape index (κ1) is 12.2. The van der Waals surface area contributed by atoms with Crippen molar-refractivity contribution < 1.29 is 0 Å². The van der Waals surface area contributed by atoms with Crippen molar-refractivity contribution in [3.63, 3.8) is 0 Å². The lowest BCUT2D eigenvalue weighted by atomic mass is 10.1. The summed E-state index contributed by atoms with van der Waals surface area (Å²) in [6.07, 6.45) is -0.245. The van der Waals surface area contributed by atoms with Crippen molar-refractivity contribution in [1.82, 2.24) is 9.55 Å². The molecule has 0 unspecified atom stereocenters. The van der Waals surface area contributed by atoms with E-state index in [1.807, 2.05) is 53.1 Å². The van der Waals surface area contributed by atoms with Crippen molar-refractivity contribution in [2.24, 2.45) is 10.7 Å². The van der Waals surface area contributed by atoms with Gasteiger partial charge in [0.05, 0.1) is 11.0 Å². The van der Waals surface area contributed by atoms with Crippen LogP contribution in [0.3, 0.4) is 0 Å². The number of aliphatic imine (C=N–C) groups is 1. The molecule has 1 aliphatic rings. The van der Waals surface area contributed by atoms with Crippen LogP contribution in [0.2, 0.25) is 5.02 Å². The van der Waals surface area contributed by atoms with E-state index in [0.29, 0.717) is 16.9 Å². The van der Waals surface area contributed by atoms with Gasteiger partial charge in [-0.1, -0.05) is 35.9 Å². The number of imidazole rings is 1. The average Bonchev–Trinajstić information content (AvgIpc) is 2.85. The highest BCUT2D eigenvalue weighted by Gasteiger charge is 2.24. The summed E-state index contributed by atoms with van der Waals surface area (Å²) in [7, 11) is 0. The van der Waals surface area contributed by atoms with E-state index in [2.05, 4.69) is 15.3 Å². The first-order chi connectivity index (χ1) is 10.2. The second kappa shape index (κ2) is 4.49. The number of hydrogen-bond acceptors (Lipinski definition) is 4. The maximum absolute atomic E-state index is 5.96. The van der Waals surface area contributed by atoms with E-state index < -0.39 is 0 Å². The number of fused-ring (bicyclic) bond motifs is 3. The van der Waals surface area contributed by atoms with Crippen LogP contribution in [0.5, 0.6) is 0 Å². The van der Waals surface area contributed by atoms with Crippen molar-refractivity contribution in [2.75, 3.05) is 5.32 Å². The largest absolute Gasteiger partial charge is 0.370 e. The van der Waals surface area contributed by atoms with Gasteiger partial charge in [0.15, 0.2) is 12.1 Å². The molecule has 0 bridgehead atoms. The van der Waals surface area contributed by atoms with Crippen LogP contribution in [0.25, 0.3) is 11.0 Å². The van der Waals surface area contributed by atoms with Gasteiger partial charge in [-0.05, 0) is 29.8 Å². The zero-order chi connectivity index (χ0) is 14.4. The van der Waals surface area contributed by atoms with E-state index in [1.165, 1.54) is 0 Å². The minimum absolute atomic E-state index is 0.245. The van der Waals surface area contributed by atoms with Crippen LogP contribution < -0.4 is 11.1 Å². The molecule has 0 amide bonds. The summed E-state index contributed by atoms with van der Waals surface area (Å²) in [4.78, 5) is 9.07. The fraction of sp³-hybridized carbons (Fsp3) is 0.0667. The number of hydrogen-bond donors (Lipinski definition) is 2. The highest BCUT2D eigenvalue weighted by Crippen LogP contribution is 2.32. The number of benzene rings is 2. The molecule has 1 atom stereocenters. The Bertz CT molecular complexity index is 850. The Morgan fingerprint density at radius 2 is 1.86 bits per heavy atom. The van der Waals surface area contributed by atoms with E-state index in [9.17, 15) is 0 Å². The molecule has 0 saturated heterocycles. The summed E-state index contributed by atoms with van der Waals surface area (Å²) in [6, 6.07) is 15.5. The molecule has 1 aliphatic heterocycles. The van der Waals surface area contributed by atoms with Gasteiger partial charge in [-0.15, -0.1) is 0 Å². The Balaban J connectivity index is 1.95. The Labute approximate surface area is 126 Å². The molecule has 0 fully saturated rings. The first-order valence-corrected chi connectivity index (χ1v) is 6.93. The molecule has 3 aromatic rings. The third-order valence-corrected chi connectivity index (χ3v) is 3.76. The van der Waals surface area contributed by atoms with Crippen LogP contribution in [-0.2, 0) is 0 Å². The molecule has 0 saturated carbocycles. The maximum atomic E-state index is 5.96. The quantitative estimate of drug-likeness (QED) is 0.725. The smallest absolute Gasteiger partial charge is 0.212 e. The van der Waals surface area contributed by atoms with Crippen LogP contribution in [0.1, 0.15) is 11.7 Å². The number of anilines is 1. The normalized spacial score (nSPS) is 17.2. The fourth-order valence-electron chi connectivity index (χ4n) is 2.58. The molecule has 104 valence electrons. The molecule has 0 aliphatic carbocycles. The molecule has 0 spiro atoms. The third-order valence-electron chi connectivity index (χ3n) is 3.51. The van der Waals surface area contributed by atoms with Gasteiger partial charge in [0.1, 0.15) is 0 Å². The number of aromatic nitrogens is 2. The van der Waals surface area contributed by atoms with Gasteiger partial charge in [-0.25, -0.2) is 9.98 Å². The molecule has 3 N–H and O–H groups in total. The summed E-state index contributed by atoms with van der Waals surface area (Å²) in [6.45, 7) is 0. The Morgan fingerprint density at radius 3 is 2.67 bits per heavy atom. The van der Waals surface area contributed by atoms with Crippen molar-refractivity contribution >= 4 is 34.5 Å². The van der Waals surface area contributed by atoms with Gasteiger partial charge in [0.2, 0.25) is 5.95 Å². The van der Waals surface area contributed by atoms with E-state index in [0.717, 1.165) is 16.6 Å². The van der Waals surface area contributed by atoms with Crippen molar-refractivity contribution in [1.29, 1.82) is 0 Å². The lowest BCUT2D eigenvalue weighted by Crippen LogP contribution is -2.31. The highest BCUT2D eigenvalue weighted by molar-refractivity contribution is 6.30. The summed E-state index contributed by atoms with van der Waals surface area (Å²) in [5, 5.41) is 3.71. The fourth-order valence-corrected chi connectivity index (χ4v) is 2.70. The summed E-state index contributed by atoms with van der Waals surface area (Å²) in [5.41, 5.74) is 8.81. The van der Waals surface area contributed by atoms with E-state index in [4.69, 9.17) is 17.3 Å². The zero-order valence-corrected chi connectivity index (χ0v) is 11.7. The molecular weight excluding hydrogens is 286 g/mol. The minimum atomic E-state index is -0.245. The van der Waals surface area contributed by atoms with Gasteiger partial charge >= 0.3 is 0 Å². The zero-order valence-electron chi connectivity index (χ0n) is 11.0. The van der Waals surface area contributed by atoms with Crippen LogP contribution >= 0.6 is 11.6 Å². The first-order valence-electron chi connectivity index (χ1n) is 6.55. The number of guanidine groups is 1. The Hall–Kier alpha value is -2.53. The van der Waals surface area contributed by atoms with Gasteiger partial charge in [0.25, 0.3) is 0 Å². The Kier molecular flexibility index (Phi) is 2.62. The second-order valence-corrected chi connectivity index (χ2v) is 5.30. The summed E-state index contributed by atoms with van der Waals surface area (Å²) in [5.74, 6) is 1.06. The lowest BCUT2D eigenvalue weighted by molar-refractivity contribution is 0.626. The van der Waals surface area contributed by atoms with Gasteiger partial charge in [-0.3, -0.25) is 9.88 Å². The molecule has 2 heterocycles. The van der Waals surface area contributed by atoms with Crippen molar-refractivity contribution in [2.45, 2.75) is 6.17 Å². The molecule has 0 radical (unpaired) electrons. The van der Waals surface area contributed by atoms with E-state index >= 15 is 0 Å². The average molecular weight is 298 g/mol. The summed E-state index contributed by atoms with van der Waals surface area (Å²) < 4.78 is 2.04. The standard InChI is InChI=1S/C15H12ClN5/c16-10-7-5-9(6-8-10)13-19-14(17)20-15-18-11-3-1-2-4-12(11)21(13)15/h1-8,13H,(H3,17,18,19,20)/t13-/m1/s1. The summed E-state index contributed by atoms with van der Waals surface area (Å²) >= 11 is 5.96. The van der Waals surface area contributed by atoms with Crippen LogP contribution in [-0.4, -0.2) is 15.5 Å². The maximum Gasteiger partial charge on any atom is 0.212 e. The van der Waals surface area contributed by atoms with Gasteiger partial charge < -0.3 is 5.73 Å². The van der Waals surface area contributed by atoms with E-state index in [-0.39, 0.29) is 6.17 Å². The monoisotopic (exact) mass is 297 g/mol. The van der Waals surface area contributed by atoms with Crippen LogP contribution in [0, 0.1) is 0 Å². The molecule has 21 heavy (non-hydrogen) atoms. The van der Waals surface area contributed by atoms with Gasteiger partial charge in [0, 0.05) is 5.02 Å². The number of halogens is 1. The Morgan fingerprint density at radius 1 is 1.10 bits per heavy atom. The molecule has 5 nitrogen and oxygen atoms in total. The molecule has 1 aromatic heterocycles. The van der Waals surface area contributed by atoms with Crippen LogP contribution in [0.4, 0.5) is 5.95 Å². The molecule has 4 rings (SSSR count). The number of para-hydroxylation sites is 2. The number of nitrogens with one attached hydrogen (secondary N) is 1. The van der Waals surface area contributed by atoms with Gasteiger partial charge in [-0.2, -0.15) is 0 Å². The molecule has 2 aromatic carbocycles. The third kappa shape index (κ3) is 1.94. The predicted molar refractivity (Wildman–Crippen MR) is 84.6 cm³/mol. The molecular formula is C15H12ClN5. The van der Waals surface area contributed by atoms with Crippen molar-refractivity contribution in [3.8, 4) is 0 Å². The highest BCUT2D eigenvalue weighted by atomic mass is 35.5. The number of nitrogens with two attached hydrogens (primary N) is 1. The van der Waals surface area contributed by atoms with E-state index in [1.54, 1.807) is 0 Å². The SMILES string of the molecule is NC1=N[C@@H](c2ccc(Cl)cc2)n2c(nc3ccccc32)N1. The number of nitrogens with zero attached hydrogens (tertiary/aromatic N) is 3. The minimum Gasteiger partial charge on any atom is -0.370 e. The second-order valence-electron chi connectivity index (χ2n) is 4.86. The van der Waals surface area contributed by atoms with Crippen LogP contribution in [0.15, 0.2) is 53.5 Å².